The Bertz CT molecular complexity index is 819. The number of anilines is 1. The lowest BCUT2D eigenvalue weighted by Crippen LogP contribution is -2.28. The Morgan fingerprint density at radius 1 is 1.09 bits per heavy atom. The summed E-state index contributed by atoms with van der Waals surface area (Å²) in [4.78, 5) is 25.7. The summed E-state index contributed by atoms with van der Waals surface area (Å²) < 4.78 is 19.1. The van der Waals surface area contributed by atoms with E-state index in [1.54, 1.807) is 36.4 Å². The lowest BCUT2D eigenvalue weighted by molar-refractivity contribution is -0.113. The molecular formula is C17H12FNO3S. The lowest BCUT2D eigenvalue weighted by Gasteiger charge is -2.12. The minimum absolute atomic E-state index is 0.0431. The zero-order valence-electron chi connectivity index (χ0n) is 12.2. The van der Waals surface area contributed by atoms with Crippen molar-refractivity contribution in [3.05, 3.63) is 64.8 Å². The van der Waals surface area contributed by atoms with Gasteiger partial charge in [0.25, 0.3) is 11.1 Å². The van der Waals surface area contributed by atoms with Gasteiger partial charge in [-0.05, 0) is 36.0 Å². The molecule has 1 fully saturated rings. The van der Waals surface area contributed by atoms with Crippen LogP contribution in [0.25, 0.3) is 6.08 Å². The van der Waals surface area contributed by atoms with Crippen molar-refractivity contribution < 1.29 is 18.7 Å². The summed E-state index contributed by atoms with van der Waals surface area (Å²) in [5, 5.41) is -0.527. The number of imide groups is 1. The summed E-state index contributed by atoms with van der Waals surface area (Å²) in [5.74, 6) is -0.575. The summed E-state index contributed by atoms with van der Waals surface area (Å²) in [5.41, 5.74) is 0.632. The number of hydrogen-bond donors (Lipinski definition) is 0. The Labute approximate surface area is 136 Å². The summed E-state index contributed by atoms with van der Waals surface area (Å²) in [6, 6.07) is 12.8. The number of rotatable bonds is 3. The van der Waals surface area contributed by atoms with Crippen LogP contribution in [0.3, 0.4) is 0 Å². The summed E-state index contributed by atoms with van der Waals surface area (Å²) in [6.07, 6.45) is 1.57. The smallest absolute Gasteiger partial charge is 0.298 e. The van der Waals surface area contributed by atoms with Crippen LogP contribution in [0.1, 0.15) is 5.56 Å². The molecule has 1 aliphatic heterocycles. The highest BCUT2D eigenvalue weighted by Crippen LogP contribution is 2.37. The standard InChI is InChI=1S/C17H12FNO3S/c1-22-14-9-5-2-6-11(14)10-15-16(20)19(17(21)23-15)13-8-4-3-7-12(13)18/h2-10H,1H3/b15-10-. The molecule has 0 radical (unpaired) electrons. The monoisotopic (exact) mass is 329 g/mol. The molecule has 0 saturated carbocycles. The van der Waals surface area contributed by atoms with Crippen molar-refractivity contribution in [2.75, 3.05) is 12.0 Å². The maximum Gasteiger partial charge on any atom is 0.298 e. The van der Waals surface area contributed by atoms with Gasteiger partial charge < -0.3 is 4.74 Å². The number of methoxy groups -OCH3 is 1. The van der Waals surface area contributed by atoms with Gasteiger partial charge >= 0.3 is 0 Å². The van der Waals surface area contributed by atoms with E-state index in [2.05, 4.69) is 0 Å². The Morgan fingerprint density at radius 3 is 2.52 bits per heavy atom. The molecule has 0 aliphatic carbocycles. The highest BCUT2D eigenvalue weighted by molar-refractivity contribution is 8.19. The van der Waals surface area contributed by atoms with Gasteiger partial charge in [0.1, 0.15) is 11.6 Å². The van der Waals surface area contributed by atoms with Crippen LogP contribution in [-0.4, -0.2) is 18.3 Å². The topological polar surface area (TPSA) is 46.6 Å². The number of thioether (sulfide) groups is 1. The van der Waals surface area contributed by atoms with Crippen LogP contribution in [0.4, 0.5) is 14.9 Å². The van der Waals surface area contributed by atoms with Crippen molar-refractivity contribution >= 4 is 34.7 Å². The van der Waals surface area contributed by atoms with Crippen molar-refractivity contribution in [1.29, 1.82) is 0 Å². The number of hydrogen-bond acceptors (Lipinski definition) is 4. The molecule has 0 aromatic heterocycles. The first kappa shape index (κ1) is 15.3. The third-order valence-electron chi connectivity index (χ3n) is 3.31. The summed E-state index contributed by atoms with van der Waals surface area (Å²) in [6.45, 7) is 0. The zero-order valence-corrected chi connectivity index (χ0v) is 13.0. The molecule has 2 amide bonds. The number of carbonyl (C=O) groups excluding carboxylic acids is 2. The van der Waals surface area contributed by atoms with Gasteiger partial charge in [-0.15, -0.1) is 0 Å². The Hall–Kier alpha value is -2.60. The number of carbonyl (C=O) groups is 2. The van der Waals surface area contributed by atoms with Crippen molar-refractivity contribution in [2.24, 2.45) is 0 Å². The molecule has 0 atom stereocenters. The Morgan fingerprint density at radius 2 is 1.78 bits per heavy atom. The van der Waals surface area contributed by atoms with Crippen LogP contribution in [0, 0.1) is 5.82 Å². The van der Waals surface area contributed by atoms with E-state index in [1.165, 1.54) is 25.3 Å². The van der Waals surface area contributed by atoms with Crippen molar-refractivity contribution in [3.63, 3.8) is 0 Å². The molecule has 6 heteroatoms. The second-order valence-corrected chi connectivity index (χ2v) is 5.70. The first-order valence-corrected chi connectivity index (χ1v) is 7.59. The summed E-state index contributed by atoms with van der Waals surface area (Å²) in [7, 11) is 1.53. The molecule has 3 rings (SSSR count). The van der Waals surface area contributed by atoms with Crippen LogP contribution in [0.15, 0.2) is 53.4 Å². The van der Waals surface area contributed by atoms with E-state index in [0.717, 1.165) is 16.7 Å². The van der Waals surface area contributed by atoms with Gasteiger partial charge in [0.2, 0.25) is 0 Å². The van der Waals surface area contributed by atoms with Gasteiger partial charge in [0.15, 0.2) is 0 Å². The SMILES string of the molecule is COc1ccccc1/C=C1\SC(=O)N(c2ccccc2F)C1=O. The fourth-order valence-corrected chi connectivity index (χ4v) is 3.06. The second kappa shape index (κ2) is 6.26. The lowest BCUT2D eigenvalue weighted by atomic mass is 10.2. The van der Waals surface area contributed by atoms with Gasteiger partial charge in [-0.2, -0.15) is 0 Å². The number of para-hydroxylation sites is 2. The van der Waals surface area contributed by atoms with Crippen LogP contribution >= 0.6 is 11.8 Å². The third kappa shape index (κ3) is 2.85. The minimum atomic E-state index is -0.617. The summed E-state index contributed by atoms with van der Waals surface area (Å²) >= 11 is 0.776. The molecule has 4 nitrogen and oxygen atoms in total. The predicted octanol–water partition coefficient (Wildman–Crippen LogP) is 4.08. The molecule has 1 heterocycles. The van der Waals surface area contributed by atoms with Gasteiger partial charge in [0, 0.05) is 5.56 Å². The molecule has 2 aromatic rings. The number of halogens is 1. The van der Waals surface area contributed by atoms with Crippen LogP contribution in [0.5, 0.6) is 5.75 Å². The molecular weight excluding hydrogens is 317 g/mol. The largest absolute Gasteiger partial charge is 0.496 e. The molecule has 0 spiro atoms. The molecule has 0 N–H and O–H groups in total. The van der Waals surface area contributed by atoms with E-state index in [1.807, 2.05) is 0 Å². The molecule has 23 heavy (non-hydrogen) atoms. The van der Waals surface area contributed by atoms with E-state index in [0.29, 0.717) is 11.3 Å². The quantitative estimate of drug-likeness (QED) is 0.796. The molecule has 1 saturated heterocycles. The highest BCUT2D eigenvalue weighted by atomic mass is 32.2. The molecule has 0 bridgehead atoms. The van der Waals surface area contributed by atoms with Gasteiger partial charge in [-0.25, -0.2) is 9.29 Å². The first-order valence-electron chi connectivity index (χ1n) is 6.77. The number of ether oxygens (including phenoxy) is 1. The zero-order chi connectivity index (χ0) is 16.4. The molecule has 2 aromatic carbocycles. The third-order valence-corrected chi connectivity index (χ3v) is 4.18. The van der Waals surface area contributed by atoms with Gasteiger partial charge in [-0.3, -0.25) is 9.59 Å². The van der Waals surface area contributed by atoms with E-state index in [9.17, 15) is 14.0 Å². The van der Waals surface area contributed by atoms with E-state index in [-0.39, 0.29) is 10.6 Å². The average Bonchev–Trinajstić information content (AvgIpc) is 2.83. The fourth-order valence-electron chi connectivity index (χ4n) is 2.24. The molecule has 0 unspecified atom stereocenters. The maximum atomic E-state index is 13.9. The average molecular weight is 329 g/mol. The van der Waals surface area contributed by atoms with Crippen LogP contribution in [-0.2, 0) is 4.79 Å². The van der Waals surface area contributed by atoms with Crippen molar-refractivity contribution in [1.82, 2.24) is 0 Å². The highest BCUT2D eigenvalue weighted by Gasteiger charge is 2.37. The van der Waals surface area contributed by atoms with E-state index < -0.39 is 17.0 Å². The van der Waals surface area contributed by atoms with Gasteiger partial charge in [0.05, 0.1) is 17.7 Å². The first-order chi connectivity index (χ1) is 11.1. The van der Waals surface area contributed by atoms with E-state index in [4.69, 9.17) is 4.74 Å². The maximum absolute atomic E-state index is 13.9. The van der Waals surface area contributed by atoms with Crippen molar-refractivity contribution in [2.45, 2.75) is 0 Å². The fraction of sp³-hybridized carbons (Fsp3) is 0.0588. The number of benzene rings is 2. The second-order valence-electron chi connectivity index (χ2n) is 4.71. The van der Waals surface area contributed by atoms with Gasteiger partial charge in [-0.1, -0.05) is 30.3 Å². The normalized spacial score (nSPS) is 16.3. The molecule has 1 aliphatic rings. The number of nitrogens with zero attached hydrogens (tertiary/aromatic N) is 1. The Kier molecular flexibility index (Phi) is 4.16. The predicted molar refractivity (Wildman–Crippen MR) is 87.8 cm³/mol. The van der Waals surface area contributed by atoms with Crippen LogP contribution in [0.2, 0.25) is 0 Å². The number of amides is 2. The Balaban J connectivity index is 1.99. The van der Waals surface area contributed by atoms with Crippen molar-refractivity contribution in [3.8, 4) is 5.75 Å². The van der Waals surface area contributed by atoms with Crippen LogP contribution < -0.4 is 9.64 Å². The minimum Gasteiger partial charge on any atom is -0.496 e. The molecule has 116 valence electrons. The van der Waals surface area contributed by atoms with E-state index >= 15 is 0 Å².